The first kappa shape index (κ1) is 9.22. The molecule has 0 saturated heterocycles. The lowest BCUT2D eigenvalue weighted by Gasteiger charge is -2.29. The van der Waals surface area contributed by atoms with Gasteiger partial charge >= 0.3 is 0 Å². The van der Waals surface area contributed by atoms with Gasteiger partial charge in [-0.1, -0.05) is 13.8 Å². The van der Waals surface area contributed by atoms with Crippen LogP contribution in [0.15, 0.2) is 6.07 Å². The molecule has 13 heavy (non-hydrogen) atoms. The maximum Gasteiger partial charge on any atom is 0.0273 e. The third-order valence-electron chi connectivity index (χ3n) is 2.85. The van der Waals surface area contributed by atoms with E-state index in [2.05, 4.69) is 19.9 Å². The lowest BCUT2D eigenvalue weighted by molar-refractivity contribution is 0.318. The van der Waals surface area contributed by atoms with Crippen molar-refractivity contribution in [3.63, 3.8) is 0 Å². The fraction of sp³-hybridized carbons (Fsp3) is 0.636. The molecule has 2 rings (SSSR count). The van der Waals surface area contributed by atoms with E-state index >= 15 is 0 Å². The molecule has 0 atom stereocenters. The summed E-state index contributed by atoms with van der Waals surface area (Å²) in [5, 5.41) is 0. The molecule has 2 heteroatoms. The quantitative estimate of drug-likeness (QED) is 0.732. The molecule has 0 aliphatic heterocycles. The molecule has 0 aromatic carbocycles. The standard InChI is InChI=1S/C11H17NS/c1-11(2)4-3-10-8(6-11)5-9(7-12)13-10/h5H,3-4,6-7,12H2,1-2H3. The Morgan fingerprint density at radius 1 is 1.54 bits per heavy atom. The summed E-state index contributed by atoms with van der Waals surface area (Å²) in [6, 6.07) is 2.31. The third kappa shape index (κ3) is 1.79. The van der Waals surface area contributed by atoms with Crippen LogP contribution in [0.4, 0.5) is 0 Å². The van der Waals surface area contributed by atoms with E-state index < -0.39 is 0 Å². The Morgan fingerprint density at radius 3 is 3.00 bits per heavy atom. The molecule has 1 aliphatic rings. The molecule has 1 aliphatic carbocycles. The number of hydrogen-bond donors (Lipinski definition) is 1. The average molecular weight is 195 g/mol. The predicted octanol–water partition coefficient (Wildman–Crippen LogP) is 2.72. The van der Waals surface area contributed by atoms with Gasteiger partial charge in [0.25, 0.3) is 0 Å². The summed E-state index contributed by atoms with van der Waals surface area (Å²) in [7, 11) is 0. The van der Waals surface area contributed by atoms with Crippen molar-refractivity contribution < 1.29 is 0 Å². The minimum absolute atomic E-state index is 0.500. The van der Waals surface area contributed by atoms with Gasteiger partial charge in [0.15, 0.2) is 0 Å². The molecule has 0 unspecified atom stereocenters. The minimum atomic E-state index is 0.500. The van der Waals surface area contributed by atoms with Crippen molar-refractivity contribution in [2.45, 2.75) is 39.7 Å². The van der Waals surface area contributed by atoms with Crippen molar-refractivity contribution in [2.24, 2.45) is 11.1 Å². The summed E-state index contributed by atoms with van der Waals surface area (Å²) < 4.78 is 0. The maximum absolute atomic E-state index is 5.64. The first-order valence-electron chi connectivity index (χ1n) is 4.91. The van der Waals surface area contributed by atoms with E-state index in [0.717, 1.165) is 0 Å². The second kappa shape index (κ2) is 3.10. The zero-order chi connectivity index (χ0) is 9.47. The second-order valence-corrected chi connectivity index (χ2v) is 5.93. The third-order valence-corrected chi connectivity index (χ3v) is 4.11. The highest BCUT2D eigenvalue weighted by molar-refractivity contribution is 7.12. The fourth-order valence-corrected chi connectivity index (χ4v) is 3.11. The Balaban J connectivity index is 2.30. The van der Waals surface area contributed by atoms with Crippen LogP contribution in [0.1, 0.15) is 35.6 Å². The van der Waals surface area contributed by atoms with Crippen molar-refractivity contribution >= 4 is 11.3 Å². The van der Waals surface area contributed by atoms with Crippen LogP contribution in [0.5, 0.6) is 0 Å². The normalized spacial score (nSPS) is 19.9. The van der Waals surface area contributed by atoms with Crippen LogP contribution in [-0.2, 0) is 19.4 Å². The van der Waals surface area contributed by atoms with Gasteiger partial charge in [0.1, 0.15) is 0 Å². The molecular weight excluding hydrogens is 178 g/mol. The van der Waals surface area contributed by atoms with Gasteiger partial charge in [-0.05, 0) is 36.3 Å². The molecule has 0 fully saturated rings. The number of thiophene rings is 1. The first-order valence-corrected chi connectivity index (χ1v) is 5.73. The second-order valence-electron chi connectivity index (χ2n) is 4.71. The molecule has 1 aromatic heterocycles. The van der Waals surface area contributed by atoms with E-state index in [1.807, 2.05) is 11.3 Å². The highest BCUT2D eigenvalue weighted by Crippen LogP contribution is 2.38. The lowest BCUT2D eigenvalue weighted by Crippen LogP contribution is -2.20. The minimum Gasteiger partial charge on any atom is -0.326 e. The summed E-state index contributed by atoms with van der Waals surface area (Å²) in [5.74, 6) is 0. The van der Waals surface area contributed by atoms with Gasteiger partial charge in [-0.3, -0.25) is 0 Å². The Hall–Kier alpha value is -0.340. The van der Waals surface area contributed by atoms with E-state index in [1.165, 1.54) is 24.1 Å². The van der Waals surface area contributed by atoms with E-state index in [-0.39, 0.29) is 0 Å². The van der Waals surface area contributed by atoms with Gasteiger partial charge in [0.05, 0.1) is 0 Å². The van der Waals surface area contributed by atoms with Crippen molar-refractivity contribution in [1.29, 1.82) is 0 Å². The maximum atomic E-state index is 5.64. The van der Waals surface area contributed by atoms with E-state index in [9.17, 15) is 0 Å². The number of nitrogens with two attached hydrogens (primary N) is 1. The fourth-order valence-electron chi connectivity index (χ4n) is 2.05. The van der Waals surface area contributed by atoms with Crippen LogP contribution in [0.25, 0.3) is 0 Å². The topological polar surface area (TPSA) is 26.0 Å². The van der Waals surface area contributed by atoms with Gasteiger partial charge < -0.3 is 5.73 Å². The SMILES string of the molecule is CC1(C)CCc2sc(CN)cc2C1. The highest BCUT2D eigenvalue weighted by Gasteiger charge is 2.26. The number of rotatable bonds is 1. The van der Waals surface area contributed by atoms with Gasteiger partial charge in [0, 0.05) is 16.3 Å². The van der Waals surface area contributed by atoms with E-state index in [4.69, 9.17) is 5.73 Å². The zero-order valence-corrected chi connectivity index (χ0v) is 9.21. The Bertz CT molecular complexity index is 312. The summed E-state index contributed by atoms with van der Waals surface area (Å²) in [6.45, 7) is 5.42. The largest absolute Gasteiger partial charge is 0.326 e. The Labute approximate surface area is 84.0 Å². The summed E-state index contributed by atoms with van der Waals surface area (Å²) >= 11 is 1.91. The molecule has 1 nitrogen and oxygen atoms in total. The van der Waals surface area contributed by atoms with Crippen molar-refractivity contribution in [3.8, 4) is 0 Å². The van der Waals surface area contributed by atoms with Gasteiger partial charge in [0.2, 0.25) is 0 Å². The summed E-state index contributed by atoms with van der Waals surface area (Å²) in [6.07, 6.45) is 3.82. The monoisotopic (exact) mass is 195 g/mol. The molecule has 1 aromatic rings. The van der Waals surface area contributed by atoms with Gasteiger partial charge in [-0.15, -0.1) is 11.3 Å². The smallest absolute Gasteiger partial charge is 0.0273 e. The van der Waals surface area contributed by atoms with Crippen LogP contribution in [-0.4, -0.2) is 0 Å². The van der Waals surface area contributed by atoms with Crippen molar-refractivity contribution in [2.75, 3.05) is 0 Å². The van der Waals surface area contributed by atoms with Crippen LogP contribution in [0.3, 0.4) is 0 Å². The summed E-state index contributed by atoms with van der Waals surface area (Å²) in [5.41, 5.74) is 7.70. The van der Waals surface area contributed by atoms with Crippen molar-refractivity contribution in [1.82, 2.24) is 0 Å². The van der Waals surface area contributed by atoms with Gasteiger partial charge in [-0.25, -0.2) is 0 Å². The molecule has 0 saturated carbocycles. The van der Waals surface area contributed by atoms with Gasteiger partial charge in [-0.2, -0.15) is 0 Å². The molecule has 0 bridgehead atoms. The molecule has 1 heterocycles. The number of aryl methyl sites for hydroxylation is 1. The van der Waals surface area contributed by atoms with Crippen molar-refractivity contribution in [3.05, 3.63) is 21.4 Å². The van der Waals surface area contributed by atoms with Crippen LogP contribution < -0.4 is 5.73 Å². The van der Waals surface area contributed by atoms with Crippen LogP contribution >= 0.6 is 11.3 Å². The van der Waals surface area contributed by atoms with E-state index in [1.54, 1.807) is 10.4 Å². The first-order chi connectivity index (χ1) is 6.11. The van der Waals surface area contributed by atoms with Crippen LogP contribution in [0, 0.1) is 5.41 Å². The Morgan fingerprint density at radius 2 is 2.31 bits per heavy atom. The molecular formula is C11H17NS. The molecule has 0 radical (unpaired) electrons. The molecule has 2 N–H and O–H groups in total. The molecule has 0 amide bonds. The number of fused-ring (bicyclic) bond motifs is 1. The molecule has 0 spiro atoms. The lowest BCUT2D eigenvalue weighted by atomic mass is 9.77. The highest BCUT2D eigenvalue weighted by atomic mass is 32.1. The zero-order valence-electron chi connectivity index (χ0n) is 8.39. The Kier molecular flexibility index (Phi) is 2.20. The molecule has 72 valence electrons. The number of hydrogen-bond acceptors (Lipinski definition) is 2. The predicted molar refractivity (Wildman–Crippen MR) is 58.0 cm³/mol. The van der Waals surface area contributed by atoms with E-state index in [0.29, 0.717) is 12.0 Å². The van der Waals surface area contributed by atoms with Crippen LogP contribution in [0.2, 0.25) is 0 Å². The average Bonchev–Trinajstić information content (AvgIpc) is 2.44. The summed E-state index contributed by atoms with van der Waals surface area (Å²) in [4.78, 5) is 2.93.